The van der Waals surface area contributed by atoms with Crippen LogP contribution in [0.1, 0.15) is 46.3 Å². The van der Waals surface area contributed by atoms with Gasteiger partial charge in [-0.05, 0) is 37.5 Å². The van der Waals surface area contributed by atoms with Gasteiger partial charge in [-0.15, -0.1) is 0 Å². The van der Waals surface area contributed by atoms with Crippen molar-refractivity contribution in [2.24, 2.45) is 0 Å². The summed E-state index contributed by atoms with van der Waals surface area (Å²) in [6.45, 7) is 2.31. The minimum Gasteiger partial charge on any atom is -0.442 e. The molecular weight excluding hydrogens is 349 g/mol. The van der Waals surface area contributed by atoms with Crippen molar-refractivity contribution in [1.82, 2.24) is 14.8 Å². The number of nitrogens with one attached hydrogen (secondary N) is 2. The van der Waals surface area contributed by atoms with Gasteiger partial charge in [-0.2, -0.15) is 0 Å². The van der Waals surface area contributed by atoms with Crippen LogP contribution in [-0.4, -0.2) is 52.0 Å². The lowest BCUT2D eigenvalue weighted by Gasteiger charge is -2.35. The van der Waals surface area contributed by atoms with E-state index in [-0.39, 0.29) is 35.6 Å². The maximum absolute atomic E-state index is 13.7. The van der Waals surface area contributed by atoms with Crippen molar-refractivity contribution >= 4 is 17.6 Å². The van der Waals surface area contributed by atoms with Gasteiger partial charge in [0, 0.05) is 24.6 Å². The lowest BCUT2D eigenvalue weighted by Crippen LogP contribution is -2.54. The molecular formula is C19H20FN5O2. The summed E-state index contributed by atoms with van der Waals surface area (Å²) in [5.41, 5.74) is 1.60. The highest BCUT2D eigenvalue weighted by Gasteiger charge is 2.32. The Balaban J connectivity index is 1.43. The van der Waals surface area contributed by atoms with Gasteiger partial charge in [0.2, 0.25) is 0 Å². The average Bonchev–Trinajstić information content (AvgIpc) is 3.39. The summed E-state index contributed by atoms with van der Waals surface area (Å²) >= 11 is 0. The molecule has 1 saturated carbocycles. The van der Waals surface area contributed by atoms with Crippen LogP contribution < -0.4 is 0 Å². The highest BCUT2D eigenvalue weighted by Crippen LogP contribution is 2.39. The molecule has 1 amide bonds. The molecule has 1 aliphatic carbocycles. The number of amidine groups is 2. The van der Waals surface area contributed by atoms with Crippen LogP contribution in [0.4, 0.5) is 4.39 Å². The predicted molar refractivity (Wildman–Crippen MR) is 96.8 cm³/mol. The number of carbonyl (C=O) groups is 1. The summed E-state index contributed by atoms with van der Waals surface area (Å²) in [6.07, 6.45) is 3.77. The summed E-state index contributed by atoms with van der Waals surface area (Å²) in [4.78, 5) is 19.9. The van der Waals surface area contributed by atoms with E-state index < -0.39 is 5.82 Å². The van der Waals surface area contributed by atoms with Gasteiger partial charge in [-0.1, -0.05) is 6.07 Å². The number of oxazole rings is 1. The van der Waals surface area contributed by atoms with Gasteiger partial charge < -0.3 is 14.2 Å². The fourth-order valence-corrected chi connectivity index (χ4v) is 3.11. The fraction of sp³-hybridized carbons (Fsp3) is 0.368. The molecule has 1 aromatic heterocycles. The van der Waals surface area contributed by atoms with Gasteiger partial charge >= 0.3 is 0 Å². The standard InChI is InChI=1S/C19H20FN5O2/c1-11-2-3-13(8-14(11)20)19(26)24-6-7-25(16(21)9-24)17(22)18-23-15(10-27-18)12-4-5-12/h2-3,8,10,12,21-22H,4-7,9H2,1H3. The van der Waals surface area contributed by atoms with Gasteiger partial charge in [0.05, 0.1) is 12.2 Å². The van der Waals surface area contributed by atoms with E-state index in [1.54, 1.807) is 25.3 Å². The van der Waals surface area contributed by atoms with E-state index in [1.807, 2.05) is 0 Å². The molecule has 4 rings (SSSR count). The number of carbonyl (C=O) groups excluding carboxylic acids is 1. The molecule has 140 valence electrons. The minimum atomic E-state index is -0.424. The first kappa shape index (κ1) is 17.4. The predicted octanol–water partition coefficient (Wildman–Crippen LogP) is 2.76. The van der Waals surface area contributed by atoms with Gasteiger partial charge in [-0.25, -0.2) is 9.37 Å². The number of benzene rings is 1. The van der Waals surface area contributed by atoms with E-state index in [0.717, 1.165) is 18.5 Å². The largest absolute Gasteiger partial charge is 0.442 e. The molecule has 2 fully saturated rings. The van der Waals surface area contributed by atoms with Crippen molar-refractivity contribution in [3.63, 3.8) is 0 Å². The molecule has 2 aromatic rings. The molecule has 0 atom stereocenters. The van der Waals surface area contributed by atoms with E-state index in [0.29, 0.717) is 24.6 Å². The maximum Gasteiger partial charge on any atom is 0.262 e. The lowest BCUT2D eigenvalue weighted by atomic mass is 10.1. The second-order valence-electron chi connectivity index (χ2n) is 6.99. The topological polar surface area (TPSA) is 97.3 Å². The van der Waals surface area contributed by atoms with Crippen molar-refractivity contribution < 1.29 is 13.6 Å². The first-order valence-corrected chi connectivity index (χ1v) is 8.89. The monoisotopic (exact) mass is 369 g/mol. The molecule has 1 saturated heterocycles. The zero-order chi connectivity index (χ0) is 19.1. The summed E-state index contributed by atoms with van der Waals surface area (Å²) in [5, 5.41) is 16.5. The van der Waals surface area contributed by atoms with Crippen molar-refractivity contribution in [3.8, 4) is 0 Å². The molecule has 2 N–H and O–H groups in total. The Labute approximate surface area is 155 Å². The van der Waals surface area contributed by atoms with Crippen LogP contribution in [-0.2, 0) is 0 Å². The Morgan fingerprint density at radius 3 is 2.78 bits per heavy atom. The molecule has 1 aromatic carbocycles. The highest BCUT2D eigenvalue weighted by atomic mass is 19.1. The van der Waals surface area contributed by atoms with Crippen molar-refractivity contribution in [2.75, 3.05) is 19.6 Å². The van der Waals surface area contributed by atoms with E-state index >= 15 is 0 Å². The van der Waals surface area contributed by atoms with Crippen LogP contribution in [0.25, 0.3) is 0 Å². The third-order valence-electron chi connectivity index (χ3n) is 4.96. The molecule has 0 spiro atoms. The molecule has 27 heavy (non-hydrogen) atoms. The number of rotatable bonds is 3. The Kier molecular flexibility index (Phi) is 4.25. The summed E-state index contributed by atoms with van der Waals surface area (Å²) in [6, 6.07) is 4.38. The zero-order valence-corrected chi connectivity index (χ0v) is 15.0. The number of nitrogens with zero attached hydrogens (tertiary/aromatic N) is 3. The van der Waals surface area contributed by atoms with Gasteiger partial charge in [-0.3, -0.25) is 15.6 Å². The second kappa shape index (κ2) is 6.61. The van der Waals surface area contributed by atoms with E-state index in [9.17, 15) is 9.18 Å². The molecule has 2 heterocycles. The number of aryl methyl sites for hydroxylation is 1. The second-order valence-corrected chi connectivity index (χ2v) is 6.99. The number of hydrogen-bond donors (Lipinski definition) is 2. The lowest BCUT2D eigenvalue weighted by molar-refractivity contribution is 0.0756. The Morgan fingerprint density at radius 2 is 2.11 bits per heavy atom. The molecule has 0 radical (unpaired) electrons. The summed E-state index contributed by atoms with van der Waals surface area (Å²) < 4.78 is 19.1. The fourth-order valence-electron chi connectivity index (χ4n) is 3.11. The molecule has 0 bridgehead atoms. The van der Waals surface area contributed by atoms with Crippen LogP contribution in [0.5, 0.6) is 0 Å². The molecule has 8 heteroatoms. The Morgan fingerprint density at radius 1 is 1.33 bits per heavy atom. The average molecular weight is 369 g/mol. The third kappa shape index (κ3) is 3.34. The third-order valence-corrected chi connectivity index (χ3v) is 4.96. The molecule has 7 nitrogen and oxygen atoms in total. The van der Waals surface area contributed by atoms with Crippen molar-refractivity contribution in [2.45, 2.75) is 25.7 Å². The molecule has 2 aliphatic rings. The van der Waals surface area contributed by atoms with Gasteiger partial charge in [0.15, 0.2) is 5.84 Å². The van der Waals surface area contributed by atoms with Crippen LogP contribution in [0.15, 0.2) is 28.9 Å². The van der Waals surface area contributed by atoms with Crippen LogP contribution in [0, 0.1) is 23.6 Å². The van der Waals surface area contributed by atoms with E-state index in [4.69, 9.17) is 15.2 Å². The first-order valence-electron chi connectivity index (χ1n) is 8.89. The SMILES string of the molecule is Cc1ccc(C(=O)N2CCN(C(=N)c3nc(C4CC4)co3)C(=N)C2)cc1F. The zero-order valence-electron chi connectivity index (χ0n) is 15.0. The van der Waals surface area contributed by atoms with E-state index in [1.165, 1.54) is 15.9 Å². The first-order chi connectivity index (χ1) is 12.9. The normalized spacial score (nSPS) is 17.3. The van der Waals surface area contributed by atoms with Crippen molar-refractivity contribution in [3.05, 3.63) is 53.0 Å². The van der Waals surface area contributed by atoms with E-state index in [2.05, 4.69) is 4.98 Å². The maximum atomic E-state index is 13.7. The number of aromatic nitrogens is 1. The van der Waals surface area contributed by atoms with Gasteiger partial charge in [0.25, 0.3) is 11.8 Å². The minimum absolute atomic E-state index is 0.0281. The van der Waals surface area contributed by atoms with Gasteiger partial charge in [0.1, 0.15) is 17.9 Å². The number of halogens is 1. The number of piperazine rings is 1. The molecule has 1 aliphatic heterocycles. The molecule has 0 unspecified atom stereocenters. The quantitative estimate of drug-likeness (QED) is 0.642. The Hall–Kier alpha value is -3.03. The highest BCUT2D eigenvalue weighted by molar-refractivity contribution is 6.07. The summed E-state index contributed by atoms with van der Waals surface area (Å²) in [7, 11) is 0. The summed E-state index contributed by atoms with van der Waals surface area (Å²) in [5.74, 6) is 0.0172. The Bertz CT molecular complexity index is 934. The number of amides is 1. The van der Waals surface area contributed by atoms with Crippen LogP contribution in [0.3, 0.4) is 0 Å². The number of hydrogen-bond acceptors (Lipinski definition) is 5. The smallest absolute Gasteiger partial charge is 0.262 e. The van der Waals surface area contributed by atoms with Crippen LogP contribution in [0.2, 0.25) is 0 Å². The van der Waals surface area contributed by atoms with Crippen LogP contribution >= 0.6 is 0 Å². The van der Waals surface area contributed by atoms with Crippen molar-refractivity contribution in [1.29, 1.82) is 10.8 Å².